The maximum atomic E-state index is 2.37. The second-order valence-corrected chi connectivity index (χ2v) is 8.34. The molecule has 0 bridgehead atoms. The maximum absolute atomic E-state index is 2.37. The number of hydrogen-bond acceptors (Lipinski definition) is 2. The molecule has 0 aliphatic rings. The normalized spacial score (nSPS) is 11.4. The molecule has 0 unspecified atom stereocenters. The Hall–Kier alpha value is -1.12. The third-order valence-corrected chi connectivity index (χ3v) is 6.07. The number of allylic oxidation sites excluding steroid dienone is 2. The molecule has 0 amide bonds. The van der Waals surface area contributed by atoms with Crippen molar-refractivity contribution in [2.24, 2.45) is 0 Å². The zero-order valence-electron chi connectivity index (χ0n) is 13.9. The first-order valence-corrected chi connectivity index (χ1v) is 10.2. The van der Waals surface area contributed by atoms with Crippen LogP contribution >= 0.6 is 23.5 Å². The van der Waals surface area contributed by atoms with Crippen LogP contribution in [0.5, 0.6) is 0 Å². The topological polar surface area (TPSA) is 0 Å². The molecule has 23 heavy (non-hydrogen) atoms. The van der Waals surface area contributed by atoms with Crippen molar-refractivity contribution in [1.29, 1.82) is 0 Å². The predicted octanol–water partition coefficient (Wildman–Crippen LogP) is 7.42. The van der Waals surface area contributed by atoms with Crippen LogP contribution in [0.3, 0.4) is 0 Å². The van der Waals surface area contributed by atoms with Crippen LogP contribution in [0.4, 0.5) is 0 Å². The third-order valence-electron chi connectivity index (χ3n) is 3.49. The lowest BCUT2D eigenvalue weighted by Gasteiger charge is -2.14. The van der Waals surface area contributed by atoms with E-state index in [9.17, 15) is 0 Å². The highest BCUT2D eigenvalue weighted by atomic mass is 32.2. The zero-order chi connectivity index (χ0) is 16.2. The summed E-state index contributed by atoms with van der Waals surface area (Å²) in [7, 11) is 0. The molecular formula is C21H26S2. The van der Waals surface area contributed by atoms with Crippen molar-refractivity contribution in [3.8, 4) is 0 Å². The summed E-state index contributed by atoms with van der Waals surface area (Å²) in [5.74, 6) is 0. The summed E-state index contributed by atoms with van der Waals surface area (Å²) in [4.78, 5) is 2.70. The monoisotopic (exact) mass is 342 g/mol. The Morgan fingerprint density at radius 2 is 1.35 bits per heavy atom. The van der Waals surface area contributed by atoms with Gasteiger partial charge in [0, 0.05) is 9.79 Å². The van der Waals surface area contributed by atoms with Gasteiger partial charge in [-0.15, -0.1) is 23.5 Å². The number of hydrogen-bond donors (Lipinski definition) is 0. The molecule has 0 aromatic heterocycles. The van der Waals surface area contributed by atoms with Crippen LogP contribution < -0.4 is 0 Å². The minimum Gasteiger partial charge on any atom is -0.111 e. The molecule has 0 saturated heterocycles. The van der Waals surface area contributed by atoms with Gasteiger partial charge in [-0.25, -0.2) is 0 Å². The van der Waals surface area contributed by atoms with E-state index in [0.717, 1.165) is 6.42 Å². The van der Waals surface area contributed by atoms with Gasteiger partial charge in [-0.3, -0.25) is 0 Å². The first-order valence-electron chi connectivity index (χ1n) is 8.47. The van der Waals surface area contributed by atoms with Crippen molar-refractivity contribution in [1.82, 2.24) is 0 Å². The zero-order valence-corrected chi connectivity index (χ0v) is 15.5. The van der Waals surface area contributed by atoms with Crippen LogP contribution in [0.1, 0.15) is 39.0 Å². The highest BCUT2D eigenvalue weighted by molar-refractivity contribution is 8.17. The number of thioether (sulfide) groups is 2. The van der Waals surface area contributed by atoms with Gasteiger partial charge in [-0.2, -0.15) is 0 Å². The molecule has 0 nitrogen and oxygen atoms in total. The van der Waals surface area contributed by atoms with Crippen LogP contribution in [-0.2, 0) is 0 Å². The lowest BCUT2D eigenvalue weighted by molar-refractivity contribution is 0.728. The van der Waals surface area contributed by atoms with Gasteiger partial charge in [-0.1, -0.05) is 68.3 Å². The molecule has 0 N–H and O–H groups in total. The first kappa shape index (κ1) is 18.2. The average molecular weight is 343 g/mol. The van der Waals surface area contributed by atoms with Gasteiger partial charge >= 0.3 is 0 Å². The molecule has 2 heteroatoms. The van der Waals surface area contributed by atoms with Crippen LogP contribution in [0, 0.1) is 0 Å². The average Bonchev–Trinajstić information content (AvgIpc) is 2.60. The van der Waals surface area contributed by atoms with Crippen LogP contribution in [0.2, 0.25) is 0 Å². The third kappa shape index (κ3) is 7.81. The fourth-order valence-corrected chi connectivity index (χ4v) is 4.77. The summed E-state index contributed by atoms with van der Waals surface area (Å²) < 4.78 is 0.516. The Morgan fingerprint density at radius 1 is 0.783 bits per heavy atom. The van der Waals surface area contributed by atoms with Gasteiger partial charge < -0.3 is 0 Å². The molecule has 0 aliphatic heterocycles. The van der Waals surface area contributed by atoms with Crippen molar-refractivity contribution in [2.75, 3.05) is 0 Å². The molecule has 0 atom stereocenters. The maximum Gasteiger partial charge on any atom is 0.0631 e. The van der Waals surface area contributed by atoms with E-state index in [4.69, 9.17) is 0 Å². The predicted molar refractivity (Wildman–Crippen MR) is 106 cm³/mol. The molecule has 0 radical (unpaired) electrons. The Kier molecular flexibility index (Phi) is 9.05. The second-order valence-electron chi connectivity index (χ2n) is 5.49. The number of rotatable bonds is 10. The summed E-state index contributed by atoms with van der Waals surface area (Å²) in [5.41, 5.74) is 0. The van der Waals surface area contributed by atoms with E-state index in [2.05, 4.69) is 79.7 Å². The van der Waals surface area contributed by atoms with Gasteiger partial charge in [0.1, 0.15) is 0 Å². The number of benzene rings is 2. The van der Waals surface area contributed by atoms with Crippen molar-refractivity contribution < 1.29 is 0 Å². The molecule has 0 aliphatic carbocycles. The largest absolute Gasteiger partial charge is 0.111 e. The summed E-state index contributed by atoms with van der Waals surface area (Å²) >= 11 is 3.93. The van der Waals surface area contributed by atoms with Crippen LogP contribution in [-0.4, -0.2) is 4.58 Å². The van der Waals surface area contributed by atoms with E-state index in [1.54, 1.807) is 0 Å². The highest BCUT2D eigenvalue weighted by Crippen LogP contribution is 2.37. The summed E-state index contributed by atoms with van der Waals surface area (Å²) in [5, 5.41) is 0. The molecule has 122 valence electrons. The van der Waals surface area contributed by atoms with E-state index in [0.29, 0.717) is 4.58 Å². The van der Waals surface area contributed by atoms with Gasteiger partial charge in [0.15, 0.2) is 0 Å². The Labute approximate surface area is 149 Å². The first-order chi connectivity index (χ1) is 11.4. The lowest BCUT2D eigenvalue weighted by atomic mass is 10.2. The number of unbranched alkanes of at least 4 members (excludes halogenated alkanes) is 3. The quantitative estimate of drug-likeness (QED) is 0.191. The molecular weight excluding hydrogens is 316 g/mol. The van der Waals surface area contributed by atoms with Crippen molar-refractivity contribution in [3.05, 3.63) is 72.8 Å². The minimum absolute atomic E-state index is 0.516. The van der Waals surface area contributed by atoms with E-state index in [1.807, 2.05) is 23.5 Å². The molecule has 0 saturated carbocycles. The summed E-state index contributed by atoms with van der Waals surface area (Å²) in [6.45, 7) is 2.26. The Morgan fingerprint density at radius 3 is 1.87 bits per heavy atom. The van der Waals surface area contributed by atoms with Gasteiger partial charge in [-0.05, 0) is 43.5 Å². The van der Waals surface area contributed by atoms with Gasteiger partial charge in [0.05, 0.1) is 4.58 Å². The van der Waals surface area contributed by atoms with Gasteiger partial charge in [0.2, 0.25) is 0 Å². The summed E-state index contributed by atoms with van der Waals surface area (Å²) in [6, 6.07) is 21.4. The molecule has 0 fully saturated rings. The van der Waals surface area contributed by atoms with Crippen molar-refractivity contribution in [2.45, 2.75) is 53.4 Å². The molecule has 2 aromatic carbocycles. The SMILES string of the molecule is CCCCC/C=C/CC(Sc1ccccc1)Sc1ccccc1. The van der Waals surface area contributed by atoms with E-state index >= 15 is 0 Å². The Bertz CT molecular complexity index is 507. The highest BCUT2D eigenvalue weighted by Gasteiger charge is 2.10. The smallest absolute Gasteiger partial charge is 0.0631 e. The molecule has 0 heterocycles. The van der Waals surface area contributed by atoms with Gasteiger partial charge in [0.25, 0.3) is 0 Å². The van der Waals surface area contributed by atoms with E-state index in [-0.39, 0.29) is 0 Å². The second kappa shape index (κ2) is 11.4. The van der Waals surface area contributed by atoms with E-state index in [1.165, 1.54) is 35.5 Å². The van der Waals surface area contributed by atoms with Crippen LogP contribution in [0.25, 0.3) is 0 Å². The molecule has 2 aromatic rings. The standard InChI is InChI=1S/C21H26S2/c1-2-3-4-5-6-13-18-21(22-19-14-9-7-10-15-19)23-20-16-11-8-12-17-20/h6-17,21H,2-5,18H2,1H3/b13-6+. The van der Waals surface area contributed by atoms with E-state index < -0.39 is 0 Å². The van der Waals surface area contributed by atoms with Crippen LogP contribution in [0.15, 0.2) is 82.6 Å². The van der Waals surface area contributed by atoms with Crippen molar-refractivity contribution in [3.63, 3.8) is 0 Å². The lowest BCUT2D eigenvalue weighted by Crippen LogP contribution is -1.95. The Balaban J connectivity index is 1.91. The van der Waals surface area contributed by atoms with Crippen molar-refractivity contribution >= 4 is 23.5 Å². The molecule has 0 spiro atoms. The fraction of sp³-hybridized carbons (Fsp3) is 0.333. The minimum atomic E-state index is 0.516. The fourth-order valence-electron chi connectivity index (χ4n) is 2.26. The molecule has 2 rings (SSSR count). The summed E-state index contributed by atoms with van der Waals surface area (Å²) in [6.07, 6.45) is 11.0.